The van der Waals surface area contributed by atoms with Gasteiger partial charge in [0.15, 0.2) is 0 Å². The van der Waals surface area contributed by atoms with Gasteiger partial charge in [0, 0.05) is 44.7 Å². The summed E-state index contributed by atoms with van der Waals surface area (Å²) in [6.07, 6.45) is 1.81. The van der Waals surface area contributed by atoms with Gasteiger partial charge in [-0.25, -0.2) is 8.42 Å². The molecular formula is C29H31Cl4N3O4S. The topological polar surface area (TPSA) is 86.8 Å². The molecule has 2 atom stereocenters. The van der Waals surface area contributed by atoms with Gasteiger partial charge in [-0.1, -0.05) is 89.7 Å². The predicted octanol–water partition coefficient (Wildman–Crippen LogP) is 6.62. The molecule has 12 heteroatoms. The van der Waals surface area contributed by atoms with Gasteiger partial charge in [-0.05, 0) is 49.2 Å². The highest BCUT2D eigenvalue weighted by molar-refractivity contribution is 7.92. The quantitative estimate of drug-likeness (QED) is 0.237. The number of sulfonamides is 1. The summed E-state index contributed by atoms with van der Waals surface area (Å²) in [7, 11) is -3.98. The number of amides is 2. The van der Waals surface area contributed by atoms with Crippen molar-refractivity contribution in [3.63, 3.8) is 0 Å². The van der Waals surface area contributed by atoms with E-state index < -0.39 is 34.4 Å². The van der Waals surface area contributed by atoms with E-state index in [-0.39, 0.29) is 34.7 Å². The van der Waals surface area contributed by atoms with Crippen molar-refractivity contribution < 1.29 is 18.0 Å². The lowest BCUT2D eigenvalue weighted by molar-refractivity contribution is -0.140. The Morgan fingerprint density at radius 3 is 2.02 bits per heavy atom. The number of benzene rings is 3. The maximum atomic E-state index is 14.1. The highest BCUT2D eigenvalue weighted by Crippen LogP contribution is 2.30. The van der Waals surface area contributed by atoms with Crippen LogP contribution >= 0.6 is 46.4 Å². The van der Waals surface area contributed by atoms with Gasteiger partial charge in [0.25, 0.3) is 0 Å². The van der Waals surface area contributed by atoms with Crippen molar-refractivity contribution in [1.82, 2.24) is 10.2 Å². The number of hydrogen-bond donors (Lipinski definition) is 1. The summed E-state index contributed by atoms with van der Waals surface area (Å²) in [6.45, 7) is 3.03. The second-order valence-corrected chi connectivity index (χ2v) is 13.2. The number of nitrogens with one attached hydrogen (secondary N) is 1. The van der Waals surface area contributed by atoms with Crippen LogP contribution in [0.3, 0.4) is 0 Å². The van der Waals surface area contributed by atoms with E-state index in [1.807, 2.05) is 44.2 Å². The predicted molar refractivity (Wildman–Crippen MR) is 167 cm³/mol. The Morgan fingerprint density at radius 1 is 0.902 bits per heavy atom. The fraction of sp³-hybridized carbons (Fsp3) is 0.310. The molecule has 3 aromatic carbocycles. The van der Waals surface area contributed by atoms with Crippen LogP contribution in [-0.4, -0.2) is 50.0 Å². The third kappa shape index (κ3) is 9.25. The maximum absolute atomic E-state index is 14.1. The normalized spacial score (nSPS) is 12.9. The first-order valence-electron chi connectivity index (χ1n) is 12.8. The Hall–Kier alpha value is -2.49. The SMILES string of the molecule is CC[C@H](C)NC(=O)[C@H](Cc1ccccc1)N(Cc1c(Cl)cccc1Cl)C(=O)CN(c1cc(Cl)cc(Cl)c1)S(C)(=O)=O. The molecule has 0 aliphatic heterocycles. The van der Waals surface area contributed by atoms with E-state index in [9.17, 15) is 18.0 Å². The van der Waals surface area contributed by atoms with Crippen molar-refractivity contribution in [3.05, 3.63) is 97.9 Å². The number of halogens is 4. The van der Waals surface area contributed by atoms with E-state index in [1.54, 1.807) is 18.2 Å². The molecule has 0 heterocycles. The molecule has 7 nitrogen and oxygen atoms in total. The molecule has 220 valence electrons. The van der Waals surface area contributed by atoms with Crippen LogP contribution in [-0.2, 0) is 32.6 Å². The Kier molecular flexibility index (Phi) is 11.8. The third-order valence-electron chi connectivity index (χ3n) is 6.48. The first-order valence-corrected chi connectivity index (χ1v) is 16.2. The molecule has 0 fully saturated rings. The summed E-state index contributed by atoms with van der Waals surface area (Å²) in [6, 6.07) is 17.2. The van der Waals surface area contributed by atoms with Crippen molar-refractivity contribution in [2.45, 2.75) is 45.3 Å². The van der Waals surface area contributed by atoms with Gasteiger partial charge in [0.2, 0.25) is 21.8 Å². The molecule has 1 N–H and O–H groups in total. The number of anilines is 1. The zero-order valence-corrected chi connectivity index (χ0v) is 26.6. The molecule has 0 aromatic heterocycles. The van der Waals surface area contributed by atoms with Crippen LogP contribution < -0.4 is 9.62 Å². The van der Waals surface area contributed by atoms with Crippen molar-refractivity contribution in [2.75, 3.05) is 17.1 Å². The van der Waals surface area contributed by atoms with E-state index in [0.29, 0.717) is 22.0 Å². The Bertz CT molecular complexity index is 1450. The van der Waals surface area contributed by atoms with Crippen molar-refractivity contribution in [1.29, 1.82) is 0 Å². The van der Waals surface area contributed by atoms with Crippen LogP contribution in [0.15, 0.2) is 66.7 Å². The van der Waals surface area contributed by atoms with Crippen molar-refractivity contribution in [3.8, 4) is 0 Å². The minimum Gasteiger partial charge on any atom is -0.352 e. The zero-order chi connectivity index (χ0) is 30.3. The molecule has 0 radical (unpaired) electrons. The van der Waals surface area contributed by atoms with Crippen LogP contribution in [0, 0.1) is 0 Å². The molecule has 2 amide bonds. The lowest BCUT2D eigenvalue weighted by Gasteiger charge is -2.34. The van der Waals surface area contributed by atoms with Crippen LogP contribution in [0.4, 0.5) is 5.69 Å². The highest BCUT2D eigenvalue weighted by atomic mass is 35.5. The van der Waals surface area contributed by atoms with Crippen molar-refractivity contribution >= 4 is 73.9 Å². The highest BCUT2D eigenvalue weighted by Gasteiger charge is 2.34. The second-order valence-electron chi connectivity index (χ2n) is 9.64. The monoisotopic (exact) mass is 657 g/mol. The Balaban J connectivity index is 2.13. The summed E-state index contributed by atoms with van der Waals surface area (Å²) in [5, 5.41) is 3.97. The van der Waals surface area contributed by atoms with E-state index in [1.165, 1.54) is 23.1 Å². The average Bonchev–Trinajstić information content (AvgIpc) is 2.89. The van der Waals surface area contributed by atoms with Gasteiger partial charge < -0.3 is 10.2 Å². The molecule has 0 bridgehead atoms. The average molecular weight is 659 g/mol. The minimum atomic E-state index is -3.98. The molecule has 0 saturated heterocycles. The third-order valence-corrected chi connectivity index (χ3v) is 8.76. The van der Waals surface area contributed by atoms with Crippen LogP contribution in [0.5, 0.6) is 0 Å². The fourth-order valence-electron chi connectivity index (χ4n) is 4.15. The van der Waals surface area contributed by atoms with Gasteiger partial charge in [0.1, 0.15) is 12.6 Å². The molecule has 0 aliphatic carbocycles. The number of nitrogens with zero attached hydrogens (tertiary/aromatic N) is 2. The van der Waals surface area contributed by atoms with Crippen LogP contribution in [0.2, 0.25) is 20.1 Å². The van der Waals surface area contributed by atoms with E-state index in [2.05, 4.69) is 5.32 Å². The van der Waals surface area contributed by atoms with Crippen molar-refractivity contribution in [2.24, 2.45) is 0 Å². The molecule has 0 unspecified atom stereocenters. The fourth-order valence-corrected chi connectivity index (χ4v) is 6.01. The Labute approximate surface area is 261 Å². The van der Waals surface area contributed by atoms with E-state index in [4.69, 9.17) is 46.4 Å². The number of rotatable bonds is 12. The molecule has 3 aromatic rings. The van der Waals surface area contributed by atoms with E-state index in [0.717, 1.165) is 16.1 Å². The summed E-state index contributed by atoms with van der Waals surface area (Å²) < 4.78 is 26.7. The standard InChI is InChI=1S/C29H31Cl4N3O4S/c1-4-19(2)34-29(38)27(13-20-9-6-5-7-10-20)35(17-24-25(32)11-8-12-26(24)33)28(37)18-36(41(3,39)40)23-15-21(30)14-22(31)16-23/h5-12,14-16,19,27H,4,13,17-18H2,1-3H3,(H,34,38)/t19-,27-/m0/s1. The zero-order valence-electron chi connectivity index (χ0n) is 22.8. The second kappa shape index (κ2) is 14.6. The summed E-state index contributed by atoms with van der Waals surface area (Å²) >= 11 is 25.3. The smallest absolute Gasteiger partial charge is 0.244 e. The first kappa shape index (κ1) is 33.0. The molecule has 0 spiro atoms. The molecule has 41 heavy (non-hydrogen) atoms. The van der Waals surface area contributed by atoms with Gasteiger partial charge in [-0.2, -0.15) is 0 Å². The number of carbonyl (C=O) groups is 2. The molecular weight excluding hydrogens is 628 g/mol. The molecule has 0 aliphatic rings. The van der Waals surface area contributed by atoms with Crippen LogP contribution in [0.25, 0.3) is 0 Å². The van der Waals surface area contributed by atoms with Gasteiger partial charge >= 0.3 is 0 Å². The maximum Gasteiger partial charge on any atom is 0.244 e. The summed E-state index contributed by atoms with van der Waals surface area (Å²) in [4.78, 5) is 29.2. The summed E-state index contributed by atoms with van der Waals surface area (Å²) in [5.41, 5.74) is 1.34. The van der Waals surface area contributed by atoms with Gasteiger partial charge in [0.05, 0.1) is 11.9 Å². The van der Waals surface area contributed by atoms with Gasteiger partial charge in [-0.15, -0.1) is 0 Å². The number of carbonyl (C=O) groups excluding carboxylic acids is 2. The molecule has 0 saturated carbocycles. The Morgan fingerprint density at radius 2 is 1.49 bits per heavy atom. The van der Waals surface area contributed by atoms with Crippen LogP contribution in [0.1, 0.15) is 31.4 Å². The molecule has 3 rings (SSSR count). The minimum absolute atomic E-state index is 0.109. The van der Waals surface area contributed by atoms with Gasteiger partial charge in [-0.3, -0.25) is 13.9 Å². The first-order chi connectivity index (χ1) is 19.3. The lowest BCUT2D eigenvalue weighted by Crippen LogP contribution is -2.54. The largest absolute Gasteiger partial charge is 0.352 e. The number of hydrogen-bond acceptors (Lipinski definition) is 4. The summed E-state index contributed by atoms with van der Waals surface area (Å²) in [5.74, 6) is -1.04. The van der Waals surface area contributed by atoms with E-state index >= 15 is 0 Å². The lowest BCUT2D eigenvalue weighted by atomic mass is 10.0.